The van der Waals surface area contributed by atoms with Gasteiger partial charge in [0.2, 0.25) is 0 Å². The second-order valence-corrected chi connectivity index (χ2v) is 7.79. The number of morpholine rings is 1. The van der Waals surface area contributed by atoms with E-state index < -0.39 is 0 Å². The minimum absolute atomic E-state index is 0.0771. The summed E-state index contributed by atoms with van der Waals surface area (Å²) in [4.78, 5) is 18.2. The molecule has 2 aromatic rings. The van der Waals surface area contributed by atoms with Crippen molar-refractivity contribution in [3.8, 4) is 0 Å². The Morgan fingerprint density at radius 3 is 2.73 bits per heavy atom. The van der Waals surface area contributed by atoms with Crippen molar-refractivity contribution in [2.45, 2.75) is 19.9 Å². The molecule has 1 saturated heterocycles. The maximum Gasteiger partial charge on any atom is 0.321 e. The predicted octanol–water partition coefficient (Wildman–Crippen LogP) is 3.90. The number of urea groups is 1. The summed E-state index contributed by atoms with van der Waals surface area (Å²) in [5.41, 5.74) is 3.14. The van der Waals surface area contributed by atoms with Crippen LogP contribution in [-0.2, 0) is 4.74 Å². The van der Waals surface area contributed by atoms with Gasteiger partial charge in [0.25, 0.3) is 0 Å². The summed E-state index contributed by atoms with van der Waals surface area (Å²) in [7, 11) is 1.86. The minimum Gasteiger partial charge on any atom is -0.379 e. The quantitative estimate of drug-likeness (QED) is 0.864. The van der Waals surface area contributed by atoms with Crippen LogP contribution in [-0.4, -0.2) is 55.7 Å². The Labute approximate surface area is 159 Å². The lowest BCUT2D eigenvalue weighted by molar-refractivity contribution is 0.0125. The van der Waals surface area contributed by atoms with Crippen LogP contribution < -0.4 is 5.32 Å². The third-order valence-electron chi connectivity index (χ3n) is 4.78. The van der Waals surface area contributed by atoms with Crippen molar-refractivity contribution in [2.75, 3.05) is 45.2 Å². The number of thiophene rings is 1. The van der Waals surface area contributed by atoms with Gasteiger partial charge in [0, 0.05) is 37.2 Å². The highest BCUT2D eigenvalue weighted by Crippen LogP contribution is 2.27. The van der Waals surface area contributed by atoms with Crippen LogP contribution in [0.2, 0.25) is 0 Å². The van der Waals surface area contributed by atoms with Crippen LogP contribution in [0.5, 0.6) is 0 Å². The monoisotopic (exact) mass is 373 g/mol. The molecule has 2 amide bonds. The number of hydrogen-bond donors (Lipinski definition) is 1. The summed E-state index contributed by atoms with van der Waals surface area (Å²) in [5, 5.41) is 5.13. The van der Waals surface area contributed by atoms with Gasteiger partial charge in [-0.25, -0.2) is 4.79 Å². The number of ether oxygens (including phenoxy) is 1. The topological polar surface area (TPSA) is 44.8 Å². The van der Waals surface area contributed by atoms with Crippen LogP contribution in [0.1, 0.15) is 22.0 Å². The fourth-order valence-electron chi connectivity index (χ4n) is 3.26. The van der Waals surface area contributed by atoms with Crippen molar-refractivity contribution in [1.82, 2.24) is 9.80 Å². The van der Waals surface area contributed by atoms with E-state index in [2.05, 4.69) is 40.7 Å². The van der Waals surface area contributed by atoms with E-state index in [1.807, 2.05) is 26.1 Å². The fourth-order valence-corrected chi connectivity index (χ4v) is 4.11. The Morgan fingerprint density at radius 1 is 1.31 bits per heavy atom. The van der Waals surface area contributed by atoms with Crippen molar-refractivity contribution >= 4 is 23.1 Å². The van der Waals surface area contributed by atoms with Gasteiger partial charge in [-0.1, -0.05) is 23.8 Å². The Balaban J connectivity index is 1.68. The van der Waals surface area contributed by atoms with E-state index in [1.54, 1.807) is 16.2 Å². The van der Waals surface area contributed by atoms with Gasteiger partial charge in [0.15, 0.2) is 0 Å². The highest BCUT2D eigenvalue weighted by Gasteiger charge is 2.26. The average molecular weight is 374 g/mol. The molecule has 2 heterocycles. The number of anilines is 1. The van der Waals surface area contributed by atoms with Crippen LogP contribution in [0.3, 0.4) is 0 Å². The first kappa shape index (κ1) is 18.9. The average Bonchev–Trinajstić information content (AvgIpc) is 3.17. The molecule has 1 N–H and O–H groups in total. The summed E-state index contributed by atoms with van der Waals surface area (Å²) in [5.74, 6) is 0. The zero-order valence-electron chi connectivity index (χ0n) is 15.7. The Bertz CT molecular complexity index is 727. The third-order valence-corrected chi connectivity index (χ3v) is 5.75. The predicted molar refractivity (Wildman–Crippen MR) is 107 cm³/mol. The molecule has 1 aliphatic rings. The van der Waals surface area contributed by atoms with Crippen LogP contribution in [0.4, 0.5) is 10.5 Å². The third kappa shape index (κ3) is 4.63. The maximum atomic E-state index is 12.7. The van der Waals surface area contributed by atoms with Gasteiger partial charge >= 0.3 is 6.03 Å². The van der Waals surface area contributed by atoms with Gasteiger partial charge in [-0.15, -0.1) is 11.3 Å². The molecule has 0 radical (unpaired) electrons. The maximum absolute atomic E-state index is 12.7. The molecule has 0 saturated carbocycles. The smallest absolute Gasteiger partial charge is 0.321 e. The van der Waals surface area contributed by atoms with Gasteiger partial charge in [-0.3, -0.25) is 4.90 Å². The van der Waals surface area contributed by atoms with Crippen molar-refractivity contribution < 1.29 is 9.53 Å². The molecular weight excluding hydrogens is 346 g/mol. The number of nitrogens with zero attached hydrogens (tertiary/aromatic N) is 2. The number of aryl methyl sites for hydroxylation is 2. The molecule has 26 heavy (non-hydrogen) atoms. The lowest BCUT2D eigenvalue weighted by atomic mass is 10.1. The molecule has 0 bridgehead atoms. The summed E-state index contributed by atoms with van der Waals surface area (Å²) in [6.45, 7) is 8.02. The zero-order chi connectivity index (χ0) is 18.5. The molecule has 1 aromatic heterocycles. The number of carbonyl (C=O) groups excluding carboxylic acids is 1. The number of amides is 2. The standard InChI is InChI=1S/C20H27N3O2S/c1-15-6-7-17(16(2)13-15)21-20(24)22(3)14-18(19-5-4-12-26-19)23-8-10-25-11-9-23/h4-7,12-13,18H,8-11,14H2,1-3H3,(H,21,24). The fraction of sp³-hybridized carbons (Fsp3) is 0.450. The van der Waals surface area contributed by atoms with E-state index in [4.69, 9.17) is 4.74 Å². The lowest BCUT2D eigenvalue weighted by Gasteiger charge is -2.36. The number of likely N-dealkylation sites (N-methyl/N-ethyl adjacent to an activating group) is 1. The molecule has 1 fully saturated rings. The first-order valence-electron chi connectivity index (χ1n) is 8.99. The number of rotatable bonds is 5. The largest absolute Gasteiger partial charge is 0.379 e. The van der Waals surface area contributed by atoms with E-state index in [0.717, 1.165) is 37.6 Å². The first-order valence-corrected chi connectivity index (χ1v) is 9.87. The van der Waals surface area contributed by atoms with Crippen LogP contribution >= 0.6 is 11.3 Å². The number of carbonyl (C=O) groups is 1. The second kappa shape index (κ2) is 8.66. The molecule has 6 heteroatoms. The van der Waals surface area contributed by atoms with Gasteiger partial charge in [-0.05, 0) is 36.9 Å². The Hall–Kier alpha value is -1.89. The number of hydrogen-bond acceptors (Lipinski definition) is 4. The summed E-state index contributed by atoms with van der Waals surface area (Å²) >= 11 is 1.75. The van der Waals surface area contributed by atoms with Crippen LogP contribution in [0.25, 0.3) is 0 Å². The summed E-state index contributed by atoms with van der Waals surface area (Å²) < 4.78 is 5.49. The highest BCUT2D eigenvalue weighted by molar-refractivity contribution is 7.10. The van der Waals surface area contributed by atoms with E-state index >= 15 is 0 Å². The molecular formula is C20H27N3O2S. The minimum atomic E-state index is -0.0771. The van der Waals surface area contributed by atoms with Crippen LogP contribution in [0.15, 0.2) is 35.7 Å². The summed E-state index contributed by atoms with van der Waals surface area (Å²) in [6, 6.07) is 10.4. The zero-order valence-corrected chi connectivity index (χ0v) is 16.5. The molecule has 1 aliphatic heterocycles. The SMILES string of the molecule is Cc1ccc(NC(=O)N(C)CC(c2cccs2)N2CCOCC2)c(C)c1. The molecule has 3 rings (SSSR count). The molecule has 0 spiro atoms. The van der Waals surface area contributed by atoms with Gasteiger partial charge < -0.3 is 15.0 Å². The van der Waals surface area contributed by atoms with Gasteiger partial charge in [-0.2, -0.15) is 0 Å². The van der Waals surface area contributed by atoms with Crippen molar-refractivity contribution in [3.05, 3.63) is 51.7 Å². The highest BCUT2D eigenvalue weighted by atomic mass is 32.1. The van der Waals surface area contributed by atoms with Gasteiger partial charge in [0.1, 0.15) is 0 Å². The van der Waals surface area contributed by atoms with Crippen LogP contribution in [0, 0.1) is 13.8 Å². The molecule has 1 aromatic carbocycles. The molecule has 5 nitrogen and oxygen atoms in total. The van der Waals surface area contributed by atoms with Gasteiger partial charge in [0.05, 0.1) is 19.3 Å². The van der Waals surface area contributed by atoms with E-state index in [9.17, 15) is 4.79 Å². The van der Waals surface area contributed by atoms with Crippen molar-refractivity contribution in [1.29, 1.82) is 0 Å². The van der Waals surface area contributed by atoms with Crippen molar-refractivity contribution in [2.24, 2.45) is 0 Å². The Morgan fingerprint density at radius 2 is 2.08 bits per heavy atom. The second-order valence-electron chi connectivity index (χ2n) is 6.81. The number of nitrogens with one attached hydrogen (secondary N) is 1. The summed E-state index contributed by atoms with van der Waals surface area (Å²) in [6.07, 6.45) is 0. The van der Waals surface area contributed by atoms with Crippen molar-refractivity contribution in [3.63, 3.8) is 0 Å². The molecule has 140 valence electrons. The van der Waals surface area contributed by atoms with E-state index in [1.165, 1.54) is 10.4 Å². The normalized spacial score (nSPS) is 16.3. The number of benzene rings is 1. The van der Waals surface area contributed by atoms with E-state index in [0.29, 0.717) is 6.54 Å². The molecule has 0 aliphatic carbocycles. The first-order chi connectivity index (χ1) is 12.5. The lowest BCUT2D eigenvalue weighted by Crippen LogP contribution is -2.44. The Kier molecular flexibility index (Phi) is 6.29. The molecule has 1 atom stereocenters. The van der Waals surface area contributed by atoms with E-state index in [-0.39, 0.29) is 12.1 Å². The molecule has 1 unspecified atom stereocenters.